The van der Waals surface area contributed by atoms with Crippen molar-refractivity contribution >= 4 is 17.7 Å². The van der Waals surface area contributed by atoms with Gasteiger partial charge in [0.2, 0.25) is 5.78 Å². The fraction of sp³-hybridized carbons (Fsp3) is 0.348. The van der Waals surface area contributed by atoms with Crippen molar-refractivity contribution in [3.63, 3.8) is 0 Å². The van der Waals surface area contributed by atoms with Crippen LogP contribution in [0.25, 0.3) is 0 Å². The summed E-state index contributed by atoms with van der Waals surface area (Å²) in [4.78, 5) is 37.5. The molecule has 9 heteroatoms. The number of aryl methyl sites for hydroxylation is 1. The van der Waals surface area contributed by atoms with Crippen LogP contribution in [-0.4, -0.2) is 44.0 Å². The molecule has 0 spiro atoms. The molecule has 0 bridgehead atoms. The highest BCUT2D eigenvalue weighted by atomic mass is 19.3. The van der Waals surface area contributed by atoms with Crippen molar-refractivity contribution in [2.75, 3.05) is 13.7 Å². The SMILES string of the molecule is COc1ccc(C(=O)N[C@H](C(=O)OCC(=O)c2cc(C)ccc2OC(F)F)C(C)C)cc1. The first kappa shape index (κ1) is 24.8. The zero-order valence-electron chi connectivity index (χ0n) is 18.2. The van der Waals surface area contributed by atoms with Crippen molar-refractivity contribution in [3.8, 4) is 11.5 Å². The van der Waals surface area contributed by atoms with Crippen molar-refractivity contribution in [3.05, 3.63) is 59.2 Å². The molecule has 7 nitrogen and oxygen atoms in total. The Kier molecular flexibility index (Phi) is 8.69. The Labute approximate surface area is 184 Å². The summed E-state index contributed by atoms with van der Waals surface area (Å²) < 4.78 is 39.7. The molecule has 0 saturated heterocycles. The first-order valence-corrected chi connectivity index (χ1v) is 9.82. The number of Topliss-reactive ketones (excluding diaryl/α,β-unsaturated/α-hetero) is 1. The molecule has 0 aromatic heterocycles. The van der Waals surface area contributed by atoms with Crippen molar-refractivity contribution in [2.24, 2.45) is 5.92 Å². The van der Waals surface area contributed by atoms with Crippen molar-refractivity contribution < 1.29 is 37.4 Å². The number of halogens is 2. The van der Waals surface area contributed by atoms with Crippen LogP contribution in [0.15, 0.2) is 42.5 Å². The monoisotopic (exact) mass is 449 g/mol. The van der Waals surface area contributed by atoms with Gasteiger partial charge in [0.1, 0.15) is 17.5 Å². The molecular weight excluding hydrogens is 424 g/mol. The second-order valence-corrected chi connectivity index (χ2v) is 7.33. The summed E-state index contributed by atoms with van der Waals surface area (Å²) in [5, 5.41) is 2.59. The van der Waals surface area contributed by atoms with Gasteiger partial charge in [0.05, 0.1) is 12.7 Å². The van der Waals surface area contributed by atoms with Crippen LogP contribution in [-0.2, 0) is 9.53 Å². The van der Waals surface area contributed by atoms with Gasteiger partial charge in [-0.3, -0.25) is 9.59 Å². The lowest BCUT2D eigenvalue weighted by Crippen LogP contribution is -2.45. The average molecular weight is 449 g/mol. The number of alkyl halides is 2. The molecule has 1 N–H and O–H groups in total. The van der Waals surface area contributed by atoms with Gasteiger partial charge in [0.15, 0.2) is 6.61 Å². The Bertz CT molecular complexity index is 959. The summed E-state index contributed by atoms with van der Waals surface area (Å²) in [5.41, 5.74) is 0.837. The maximum absolute atomic E-state index is 12.6. The third kappa shape index (κ3) is 6.76. The van der Waals surface area contributed by atoms with Crippen molar-refractivity contribution in [2.45, 2.75) is 33.4 Å². The minimum absolute atomic E-state index is 0.124. The van der Waals surface area contributed by atoms with Gasteiger partial charge in [0, 0.05) is 5.56 Å². The molecule has 172 valence electrons. The molecular formula is C23H25F2NO6. The number of esters is 1. The van der Waals surface area contributed by atoms with E-state index in [-0.39, 0.29) is 17.2 Å². The lowest BCUT2D eigenvalue weighted by molar-refractivity contribution is -0.146. The van der Waals surface area contributed by atoms with Gasteiger partial charge in [-0.1, -0.05) is 25.5 Å². The largest absolute Gasteiger partial charge is 0.497 e. The molecule has 0 heterocycles. The van der Waals surface area contributed by atoms with Crippen LogP contribution in [0, 0.1) is 12.8 Å². The molecule has 1 amide bonds. The predicted molar refractivity (Wildman–Crippen MR) is 112 cm³/mol. The van der Waals surface area contributed by atoms with Gasteiger partial charge in [-0.15, -0.1) is 0 Å². The van der Waals surface area contributed by atoms with Crippen LogP contribution in [0.5, 0.6) is 11.5 Å². The Hall–Kier alpha value is -3.49. The zero-order valence-corrected chi connectivity index (χ0v) is 18.2. The highest BCUT2D eigenvalue weighted by Crippen LogP contribution is 2.23. The fourth-order valence-electron chi connectivity index (χ4n) is 2.83. The fourth-order valence-corrected chi connectivity index (χ4v) is 2.83. The molecule has 2 aromatic carbocycles. The minimum Gasteiger partial charge on any atom is -0.497 e. The molecule has 2 aromatic rings. The lowest BCUT2D eigenvalue weighted by Gasteiger charge is -2.21. The molecule has 0 fully saturated rings. The highest BCUT2D eigenvalue weighted by Gasteiger charge is 2.27. The number of carbonyl (C=O) groups excluding carboxylic acids is 3. The number of hydrogen-bond acceptors (Lipinski definition) is 6. The quantitative estimate of drug-likeness (QED) is 0.439. The number of ketones is 1. The molecule has 0 aliphatic carbocycles. The van der Waals surface area contributed by atoms with Crippen LogP contribution in [0.2, 0.25) is 0 Å². The van der Waals surface area contributed by atoms with Crippen LogP contribution in [0.1, 0.15) is 40.1 Å². The Morgan fingerprint density at radius 1 is 1.03 bits per heavy atom. The summed E-state index contributed by atoms with van der Waals surface area (Å²) in [6.07, 6.45) is 0. The summed E-state index contributed by atoms with van der Waals surface area (Å²) >= 11 is 0. The smallest absolute Gasteiger partial charge is 0.387 e. The third-order valence-electron chi connectivity index (χ3n) is 4.56. The first-order valence-electron chi connectivity index (χ1n) is 9.82. The van der Waals surface area contributed by atoms with E-state index in [1.807, 2.05) is 0 Å². The Morgan fingerprint density at radius 3 is 2.25 bits per heavy atom. The third-order valence-corrected chi connectivity index (χ3v) is 4.56. The standard InChI is InChI=1S/C23H25F2NO6/c1-13(2)20(26-21(28)15-6-8-16(30-4)9-7-15)22(29)31-12-18(27)17-11-14(3)5-10-19(17)32-23(24)25/h5-11,13,20,23H,12H2,1-4H3,(H,26,28)/t20-/m0/s1. The van der Waals surface area contributed by atoms with Crippen molar-refractivity contribution in [1.29, 1.82) is 0 Å². The molecule has 0 aliphatic rings. The van der Waals surface area contributed by atoms with E-state index in [4.69, 9.17) is 9.47 Å². The number of ether oxygens (including phenoxy) is 3. The number of nitrogens with one attached hydrogen (secondary N) is 1. The van der Waals surface area contributed by atoms with Gasteiger partial charge in [-0.05, 0) is 49.2 Å². The van der Waals surface area contributed by atoms with E-state index in [9.17, 15) is 23.2 Å². The number of carbonyl (C=O) groups is 3. The van der Waals surface area contributed by atoms with Crippen LogP contribution < -0.4 is 14.8 Å². The predicted octanol–water partition coefficient (Wildman–Crippen LogP) is 3.79. The summed E-state index contributed by atoms with van der Waals surface area (Å²) in [5.74, 6) is -2.09. The second-order valence-electron chi connectivity index (χ2n) is 7.33. The molecule has 0 unspecified atom stereocenters. The average Bonchev–Trinajstić information content (AvgIpc) is 2.76. The normalized spacial score (nSPS) is 11.8. The second kappa shape index (κ2) is 11.2. The maximum atomic E-state index is 12.6. The molecule has 1 atom stereocenters. The maximum Gasteiger partial charge on any atom is 0.387 e. The number of hydrogen-bond donors (Lipinski definition) is 1. The van der Waals surface area contributed by atoms with E-state index in [1.54, 1.807) is 45.0 Å². The van der Waals surface area contributed by atoms with Gasteiger partial charge < -0.3 is 19.5 Å². The Morgan fingerprint density at radius 2 is 1.69 bits per heavy atom. The van der Waals surface area contributed by atoms with E-state index in [0.29, 0.717) is 16.9 Å². The van der Waals surface area contributed by atoms with Crippen LogP contribution in [0.3, 0.4) is 0 Å². The van der Waals surface area contributed by atoms with Gasteiger partial charge >= 0.3 is 12.6 Å². The van der Waals surface area contributed by atoms with E-state index in [2.05, 4.69) is 10.1 Å². The molecule has 32 heavy (non-hydrogen) atoms. The summed E-state index contributed by atoms with van der Waals surface area (Å²) in [6, 6.07) is 9.43. The minimum atomic E-state index is -3.11. The van der Waals surface area contributed by atoms with Crippen LogP contribution in [0.4, 0.5) is 8.78 Å². The molecule has 0 radical (unpaired) electrons. The number of rotatable bonds is 10. The van der Waals surface area contributed by atoms with Crippen LogP contribution >= 0.6 is 0 Å². The number of benzene rings is 2. The topological polar surface area (TPSA) is 90.9 Å². The summed E-state index contributed by atoms with van der Waals surface area (Å²) in [7, 11) is 1.50. The van der Waals surface area contributed by atoms with Gasteiger partial charge in [0.25, 0.3) is 5.91 Å². The van der Waals surface area contributed by atoms with E-state index < -0.39 is 36.9 Å². The first-order chi connectivity index (χ1) is 15.1. The molecule has 0 aliphatic heterocycles. The van der Waals surface area contributed by atoms with Gasteiger partial charge in [-0.25, -0.2) is 4.79 Å². The molecule has 0 saturated carbocycles. The lowest BCUT2D eigenvalue weighted by atomic mass is 10.0. The molecule has 2 rings (SSSR count). The Balaban J connectivity index is 2.06. The zero-order chi connectivity index (χ0) is 23.8. The van der Waals surface area contributed by atoms with Gasteiger partial charge in [-0.2, -0.15) is 8.78 Å². The van der Waals surface area contributed by atoms with E-state index >= 15 is 0 Å². The summed E-state index contributed by atoms with van der Waals surface area (Å²) in [6.45, 7) is 1.29. The number of amides is 1. The number of methoxy groups -OCH3 is 1. The van der Waals surface area contributed by atoms with E-state index in [0.717, 1.165) is 0 Å². The van der Waals surface area contributed by atoms with Crippen molar-refractivity contribution in [1.82, 2.24) is 5.32 Å². The van der Waals surface area contributed by atoms with E-state index in [1.165, 1.54) is 25.3 Å². The highest BCUT2D eigenvalue weighted by molar-refractivity contribution is 6.01.